The molecule has 59 heavy (non-hydrogen) atoms. The molecule has 0 bridgehead atoms. The molecule has 0 heterocycles. The molecular weight excluding hydrogens is 711 g/mol. The van der Waals surface area contributed by atoms with E-state index in [0.29, 0.717) is 0 Å². The quantitative estimate of drug-likeness (QED) is 0.163. The van der Waals surface area contributed by atoms with E-state index in [9.17, 15) is 0 Å². The van der Waals surface area contributed by atoms with E-state index in [1.54, 1.807) is 0 Å². The zero-order chi connectivity index (χ0) is 39.9. The number of nitrogens with zero attached hydrogens (tertiary/aromatic N) is 1. The molecule has 9 aromatic carbocycles. The number of hydrogen-bond acceptors (Lipinski definition) is 1. The number of hydrogen-bond donors (Lipinski definition) is 0. The summed E-state index contributed by atoms with van der Waals surface area (Å²) in [6.45, 7) is 9.49. The Balaban J connectivity index is 1.15. The topological polar surface area (TPSA) is 3.24 Å². The van der Waals surface area contributed by atoms with Crippen LogP contribution in [0.3, 0.4) is 0 Å². The second kappa shape index (κ2) is 13.3. The number of fused-ring (bicyclic) bond motifs is 8. The van der Waals surface area contributed by atoms with Crippen molar-refractivity contribution >= 4 is 27.8 Å². The summed E-state index contributed by atoms with van der Waals surface area (Å²) < 4.78 is 0. The molecule has 0 saturated heterocycles. The molecule has 0 amide bonds. The predicted octanol–water partition coefficient (Wildman–Crippen LogP) is 15.9. The summed E-state index contributed by atoms with van der Waals surface area (Å²) in [5, 5.41) is 2.61. The van der Waals surface area contributed by atoms with Gasteiger partial charge >= 0.3 is 0 Å². The van der Waals surface area contributed by atoms with Gasteiger partial charge in [-0.25, -0.2) is 0 Å². The Morgan fingerprint density at radius 2 is 0.949 bits per heavy atom. The van der Waals surface area contributed by atoms with Gasteiger partial charge in [-0.05, 0) is 119 Å². The fourth-order valence-corrected chi connectivity index (χ4v) is 10.3. The van der Waals surface area contributed by atoms with Gasteiger partial charge in [-0.2, -0.15) is 0 Å². The second-order valence-electron chi connectivity index (χ2n) is 17.3. The smallest absolute Gasteiger partial charge is 0.0546 e. The molecule has 11 rings (SSSR count). The van der Waals surface area contributed by atoms with Gasteiger partial charge in [0.2, 0.25) is 0 Å². The first-order chi connectivity index (χ1) is 28.8. The molecule has 9 aromatic rings. The van der Waals surface area contributed by atoms with Crippen LogP contribution < -0.4 is 4.90 Å². The molecule has 0 N–H and O–H groups in total. The Kier molecular flexibility index (Phi) is 7.94. The monoisotopic (exact) mass is 755 g/mol. The average molecular weight is 756 g/mol. The third-order valence-electron chi connectivity index (χ3n) is 13.3. The van der Waals surface area contributed by atoms with Crippen LogP contribution >= 0.6 is 0 Å². The summed E-state index contributed by atoms with van der Waals surface area (Å²) in [6, 6.07) is 74.4. The highest BCUT2D eigenvalue weighted by Gasteiger charge is 2.38. The van der Waals surface area contributed by atoms with Crippen LogP contribution in [0.1, 0.15) is 49.9 Å². The van der Waals surface area contributed by atoms with Crippen LogP contribution in [-0.4, -0.2) is 0 Å². The van der Waals surface area contributed by atoms with Crippen molar-refractivity contribution in [2.24, 2.45) is 0 Å². The summed E-state index contributed by atoms with van der Waals surface area (Å²) in [5.74, 6) is 0. The lowest BCUT2D eigenvalue weighted by molar-refractivity contribution is 0.660. The van der Waals surface area contributed by atoms with E-state index in [0.717, 1.165) is 17.1 Å². The standard InChI is InChI=1S/C58H45N/c1-57(2)50-27-14-13-25-47(50)49-37-44(31-34-51(49)57)59(43-23-15-22-41(35-43)38-17-7-5-8-18-38)54-28-16-26-46(55(54)40-20-9-6-10-21-40)42-29-32-48-53(36-42)58(3,4)52-33-30-39-19-11-12-24-45(39)56(48)52/h5-37H,1-4H3. The molecule has 0 aliphatic heterocycles. The van der Waals surface area contributed by atoms with Crippen molar-refractivity contribution in [3.8, 4) is 55.6 Å². The highest BCUT2D eigenvalue weighted by atomic mass is 15.1. The Labute approximate surface area is 347 Å². The van der Waals surface area contributed by atoms with Crippen molar-refractivity contribution < 1.29 is 0 Å². The average Bonchev–Trinajstić information content (AvgIpc) is 3.66. The summed E-state index contributed by atoms with van der Waals surface area (Å²) in [6.07, 6.45) is 0. The third-order valence-corrected chi connectivity index (χ3v) is 13.3. The lowest BCUT2D eigenvalue weighted by atomic mass is 9.81. The first-order valence-corrected chi connectivity index (χ1v) is 20.8. The van der Waals surface area contributed by atoms with Gasteiger partial charge in [-0.15, -0.1) is 0 Å². The lowest BCUT2D eigenvalue weighted by Gasteiger charge is -2.30. The van der Waals surface area contributed by atoms with Crippen LogP contribution in [0.2, 0.25) is 0 Å². The summed E-state index contributed by atoms with van der Waals surface area (Å²) in [5.41, 5.74) is 21.2. The largest absolute Gasteiger partial charge is 0.310 e. The molecule has 1 heteroatoms. The first kappa shape index (κ1) is 35.2. The van der Waals surface area contributed by atoms with Gasteiger partial charge in [0.25, 0.3) is 0 Å². The predicted molar refractivity (Wildman–Crippen MR) is 250 cm³/mol. The van der Waals surface area contributed by atoms with Crippen LogP contribution in [0.4, 0.5) is 17.1 Å². The summed E-state index contributed by atoms with van der Waals surface area (Å²) in [4.78, 5) is 2.49. The lowest BCUT2D eigenvalue weighted by Crippen LogP contribution is -2.16. The minimum absolute atomic E-state index is 0.0785. The molecule has 0 aromatic heterocycles. The van der Waals surface area contributed by atoms with Gasteiger partial charge < -0.3 is 4.90 Å². The molecule has 2 aliphatic rings. The van der Waals surface area contributed by atoms with E-state index in [1.807, 2.05) is 0 Å². The normalized spacial score (nSPS) is 14.0. The maximum absolute atomic E-state index is 2.49. The van der Waals surface area contributed by atoms with Crippen molar-refractivity contribution in [1.29, 1.82) is 0 Å². The van der Waals surface area contributed by atoms with Crippen molar-refractivity contribution in [2.75, 3.05) is 4.90 Å². The highest BCUT2D eigenvalue weighted by molar-refractivity contribution is 6.04. The Bertz CT molecular complexity index is 3100. The highest BCUT2D eigenvalue weighted by Crippen LogP contribution is 2.55. The molecule has 0 spiro atoms. The molecule has 0 radical (unpaired) electrons. The van der Waals surface area contributed by atoms with Gasteiger partial charge in [0, 0.05) is 27.8 Å². The van der Waals surface area contributed by atoms with Crippen LogP contribution in [0.5, 0.6) is 0 Å². The maximum Gasteiger partial charge on any atom is 0.0546 e. The number of anilines is 3. The van der Waals surface area contributed by atoms with Gasteiger partial charge in [-0.3, -0.25) is 0 Å². The molecule has 0 fully saturated rings. The van der Waals surface area contributed by atoms with Crippen LogP contribution in [0, 0.1) is 0 Å². The minimum Gasteiger partial charge on any atom is -0.310 e. The van der Waals surface area contributed by atoms with E-state index in [2.05, 4.69) is 233 Å². The number of rotatable bonds is 6. The van der Waals surface area contributed by atoms with E-state index < -0.39 is 0 Å². The van der Waals surface area contributed by atoms with Crippen LogP contribution in [-0.2, 0) is 10.8 Å². The molecule has 0 atom stereocenters. The van der Waals surface area contributed by atoms with Crippen molar-refractivity contribution in [3.63, 3.8) is 0 Å². The first-order valence-electron chi connectivity index (χ1n) is 20.8. The van der Waals surface area contributed by atoms with Gasteiger partial charge in [0.15, 0.2) is 0 Å². The molecule has 2 aliphatic carbocycles. The molecule has 1 nitrogen and oxygen atoms in total. The Morgan fingerprint density at radius 3 is 1.78 bits per heavy atom. The number of benzene rings is 9. The van der Waals surface area contributed by atoms with E-state index >= 15 is 0 Å². The third kappa shape index (κ3) is 5.45. The van der Waals surface area contributed by atoms with Crippen LogP contribution in [0.15, 0.2) is 200 Å². The summed E-state index contributed by atoms with van der Waals surface area (Å²) >= 11 is 0. The van der Waals surface area contributed by atoms with Crippen molar-refractivity contribution in [3.05, 3.63) is 222 Å². The second-order valence-corrected chi connectivity index (χ2v) is 17.3. The van der Waals surface area contributed by atoms with Crippen LogP contribution in [0.25, 0.3) is 66.4 Å². The van der Waals surface area contributed by atoms with Crippen molar-refractivity contribution in [2.45, 2.75) is 38.5 Å². The summed E-state index contributed by atoms with van der Waals surface area (Å²) in [7, 11) is 0. The van der Waals surface area contributed by atoms with Gasteiger partial charge in [-0.1, -0.05) is 191 Å². The van der Waals surface area contributed by atoms with Gasteiger partial charge in [0.1, 0.15) is 0 Å². The molecule has 0 saturated carbocycles. The molecule has 0 unspecified atom stereocenters. The van der Waals surface area contributed by atoms with Gasteiger partial charge in [0.05, 0.1) is 5.69 Å². The Hall–Kier alpha value is -6.96. The SMILES string of the molecule is CC1(C)c2ccccc2-c2cc(N(c3cccc(-c4ccccc4)c3)c3cccc(-c4ccc5c(c4)C(C)(C)c4ccc6ccccc6c4-5)c3-c3ccccc3)ccc21. The zero-order valence-corrected chi connectivity index (χ0v) is 34.0. The zero-order valence-electron chi connectivity index (χ0n) is 34.0. The maximum atomic E-state index is 2.49. The van der Waals surface area contributed by atoms with Crippen molar-refractivity contribution in [1.82, 2.24) is 0 Å². The van der Waals surface area contributed by atoms with E-state index in [4.69, 9.17) is 0 Å². The fourth-order valence-electron chi connectivity index (χ4n) is 10.3. The minimum atomic E-state index is -0.145. The molecule has 282 valence electrons. The molecular formula is C58H45N. The fraction of sp³-hybridized carbons (Fsp3) is 0.103. The van der Waals surface area contributed by atoms with E-state index in [-0.39, 0.29) is 10.8 Å². The Morgan fingerprint density at radius 1 is 0.322 bits per heavy atom. The van der Waals surface area contributed by atoms with E-state index in [1.165, 1.54) is 88.7 Å².